The third-order valence-corrected chi connectivity index (χ3v) is 6.66. The van der Waals surface area contributed by atoms with Crippen molar-refractivity contribution in [3.8, 4) is 33.0 Å². The molecule has 7 heteroatoms. The fourth-order valence-corrected chi connectivity index (χ4v) is 5.06. The molecule has 0 amide bonds. The van der Waals surface area contributed by atoms with Gasteiger partial charge in [-0.2, -0.15) is 5.10 Å². The lowest BCUT2D eigenvalue weighted by atomic mass is 10.1. The molecule has 0 saturated heterocycles. The van der Waals surface area contributed by atoms with Gasteiger partial charge in [0.2, 0.25) is 0 Å². The number of fused-ring (bicyclic) bond motifs is 2. The van der Waals surface area contributed by atoms with E-state index in [1.54, 1.807) is 11.3 Å². The fourth-order valence-electron chi connectivity index (χ4n) is 4.30. The second kappa shape index (κ2) is 7.95. The number of hydrogen-bond donors (Lipinski definition) is 2. The Kier molecular flexibility index (Phi) is 4.78. The van der Waals surface area contributed by atoms with Gasteiger partial charge in [0.1, 0.15) is 0 Å². The van der Waals surface area contributed by atoms with Crippen molar-refractivity contribution in [3.05, 3.63) is 78.1 Å². The first kappa shape index (κ1) is 19.8. The zero-order valence-corrected chi connectivity index (χ0v) is 19.1. The van der Waals surface area contributed by atoms with Crippen LogP contribution in [0.25, 0.3) is 54.9 Å². The monoisotopic (exact) mass is 450 g/mol. The highest BCUT2D eigenvalue weighted by atomic mass is 32.1. The standard InChI is InChI=1S/C26H22N6S/c1-32(2)15-16-9-17(13-27-12-16)18-10-21-25(30-31-26(21)28-14-18)23-11-20-19(24-7-4-8-33-24)5-3-6-22(20)29-23/h3-14,29H,15H2,1-2H3,(H,28,30,31). The lowest BCUT2D eigenvalue weighted by Crippen LogP contribution is -2.10. The molecule has 0 atom stereocenters. The van der Waals surface area contributed by atoms with E-state index < -0.39 is 0 Å². The van der Waals surface area contributed by atoms with Crippen LogP contribution < -0.4 is 0 Å². The van der Waals surface area contributed by atoms with Crippen LogP contribution >= 0.6 is 11.3 Å². The molecule has 33 heavy (non-hydrogen) atoms. The SMILES string of the molecule is CN(C)Cc1cncc(-c2cnc3n[nH]c(-c4cc5c(-c6cccs6)cccc5[nH]4)c3c2)c1. The maximum absolute atomic E-state index is 4.61. The van der Waals surface area contributed by atoms with Crippen LogP contribution in [0.5, 0.6) is 0 Å². The molecular weight excluding hydrogens is 428 g/mol. The lowest BCUT2D eigenvalue weighted by Gasteiger charge is -2.10. The van der Waals surface area contributed by atoms with E-state index in [0.717, 1.165) is 40.0 Å². The molecular formula is C26H22N6S. The Morgan fingerprint density at radius 2 is 1.85 bits per heavy atom. The largest absolute Gasteiger partial charge is 0.353 e. The summed E-state index contributed by atoms with van der Waals surface area (Å²) >= 11 is 1.75. The van der Waals surface area contributed by atoms with Gasteiger partial charge >= 0.3 is 0 Å². The second-order valence-electron chi connectivity index (χ2n) is 8.44. The number of nitrogens with zero attached hydrogens (tertiary/aromatic N) is 4. The van der Waals surface area contributed by atoms with Crippen LogP contribution in [0.3, 0.4) is 0 Å². The number of rotatable bonds is 5. The molecule has 0 radical (unpaired) electrons. The molecule has 0 unspecified atom stereocenters. The summed E-state index contributed by atoms with van der Waals surface area (Å²) in [6.45, 7) is 0.842. The van der Waals surface area contributed by atoms with Crippen molar-refractivity contribution >= 4 is 33.3 Å². The summed E-state index contributed by atoms with van der Waals surface area (Å²) in [4.78, 5) is 16.0. The summed E-state index contributed by atoms with van der Waals surface area (Å²) in [6, 6.07) is 17.1. The van der Waals surface area contributed by atoms with Gasteiger partial charge in [0, 0.05) is 63.0 Å². The normalized spacial score (nSPS) is 11.7. The average Bonchev–Trinajstić information content (AvgIpc) is 3.57. The summed E-state index contributed by atoms with van der Waals surface area (Å²) in [5.41, 5.74) is 8.20. The van der Waals surface area contributed by atoms with Gasteiger partial charge in [-0.25, -0.2) is 4.98 Å². The second-order valence-corrected chi connectivity index (χ2v) is 9.39. The Bertz CT molecular complexity index is 1580. The van der Waals surface area contributed by atoms with E-state index in [1.807, 2.05) is 18.6 Å². The van der Waals surface area contributed by atoms with E-state index in [9.17, 15) is 0 Å². The number of aromatic amines is 2. The van der Waals surface area contributed by atoms with Gasteiger partial charge in [0.15, 0.2) is 5.65 Å². The van der Waals surface area contributed by atoms with Crippen LogP contribution in [-0.2, 0) is 6.54 Å². The number of aromatic nitrogens is 5. The molecule has 0 aliphatic carbocycles. The molecule has 6 aromatic rings. The van der Waals surface area contributed by atoms with E-state index in [1.165, 1.54) is 21.4 Å². The van der Waals surface area contributed by atoms with Gasteiger partial charge in [0.25, 0.3) is 0 Å². The maximum atomic E-state index is 4.61. The van der Waals surface area contributed by atoms with Crippen molar-refractivity contribution in [2.45, 2.75) is 6.54 Å². The van der Waals surface area contributed by atoms with Crippen LogP contribution in [0.4, 0.5) is 0 Å². The third-order valence-electron chi connectivity index (χ3n) is 5.76. The molecule has 6 rings (SSSR count). The summed E-state index contributed by atoms with van der Waals surface area (Å²) in [5, 5.41) is 11.9. The van der Waals surface area contributed by atoms with Crippen molar-refractivity contribution < 1.29 is 0 Å². The van der Waals surface area contributed by atoms with E-state index in [0.29, 0.717) is 5.65 Å². The van der Waals surface area contributed by atoms with E-state index in [4.69, 9.17) is 0 Å². The highest BCUT2D eigenvalue weighted by Gasteiger charge is 2.15. The number of hydrogen-bond acceptors (Lipinski definition) is 5. The topological polar surface area (TPSA) is 73.5 Å². The summed E-state index contributed by atoms with van der Waals surface area (Å²) in [6.07, 6.45) is 5.66. The van der Waals surface area contributed by atoms with Crippen molar-refractivity contribution in [1.82, 2.24) is 30.0 Å². The fraction of sp³-hybridized carbons (Fsp3) is 0.115. The first-order valence-corrected chi connectivity index (χ1v) is 11.6. The van der Waals surface area contributed by atoms with Gasteiger partial charge in [0.05, 0.1) is 11.4 Å². The summed E-state index contributed by atoms with van der Waals surface area (Å²) in [5.74, 6) is 0. The first-order valence-electron chi connectivity index (χ1n) is 10.7. The quantitative estimate of drug-likeness (QED) is 0.340. The highest BCUT2D eigenvalue weighted by molar-refractivity contribution is 7.13. The molecule has 162 valence electrons. The molecule has 0 bridgehead atoms. The van der Waals surface area contributed by atoms with Gasteiger partial charge in [-0.1, -0.05) is 18.2 Å². The summed E-state index contributed by atoms with van der Waals surface area (Å²) in [7, 11) is 4.12. The van der Waals surface area contributed by atoms with Crippen molar-refractivity contribution in [3.63, 3.8) is 0 Å². The molecule has 2 N–H and O–H groups in total. The zero-order valence-electron chi connectivity index (χ0n) is 18.3. The molecule has 5 aromatic heterocycles. The highest BCUT2D eigenvalue weighted by Crippen LogP contribution is 2.36. The van der Waals surface area contributed by atoms with Gasteiger partial charge in [-0.15, -0.1) is 11.3 Å². The first-order chi connectivity index (χ1) is 16.2. The van der Waals surface area contributed by atoms with Crippen LogP contribution in [0.1, 0.15) is 5.56 Å². The van der Waals surface area contributed by atoms with Crippen LogP contribution in [0.2, 0.25) is 0 Å². The minimum atomic E-state index is 0.697. The average molecular weight is 451 g/mol. The Hall–Kier alpha value is -3.81. The molecule has 6 nitrogen and oxygen atoms in total. The molecule has 5 heterocycles. The summed E-state index contributed by atoms with van der Waals surface area (Å²) < 4.78 is 0. The van der Waals surface area contributed by atoms with E-state index >= 15 is 0 Å². The number of H-pyrrole nitrogens is 2. The molecule has 0 aliphatic rings. The zero-order chi connectivity index (χ0) is 22.4. The van der Waals surface area contributed by atoms with Gasteiger partial charge in [-0.3, -0.25) is 10.1 Å². The minimum Gasteiger partial charge on any atom is -0.353 e. The van der Waals surface area contributed by atoms with Gasteiger partial charge < -0.3 is 9.88 Å². The van der Waals surface area contributed by atoms with E-state index in [2.05, 4.69) is 98.1 Å². The van der Waals surface area contributed by atoms with Gasteiger partial charge in [-0.05, 0) is 55.4 Å². The molecule has 0 fully saturated rings. The Morgan fingerprint density at radius 3 is 2.70 bits per heavy atom. The van der Waals surface area contributed by atoms with Crippen molar-refractivity contribution in [2.75, 3.05) is 14.1 Å². The smallest absolute Gasteiger partial charge is 0.181 e. The number of nitrogens with one attached hydrogen (secondary N) is 2. The predicted octanol–water partition coefficient (Wildman–Crippen LogP) is 5.96. The van der Waals surface area contributed by atoms with Crippen molar-refractivity contribution in [1.29, 1.82) is 0 Å². The van der Waals surface area contributed by atoms with Crippen LogP contribution in [-0.4, -0.2) is 44.1 Å². The third kappa shape index (κ3) is 3.61. The number of thiophene rings is 1. The Labute approximate surface area is 195 Å². The molecule has 0 spiro atoms. The van der Waals surface area contributed by atoms with Crippen LogP contribution in [0, 0.1) is 0 Å². The van der Waals surface area contributed by atoms with Crippen LogP contribution in [0.15, 0.2) is 72.5 Å². The minimum absolute atomic E-state index is 0.697. The number of benzene rings is 1. The lowest BCUT2D eigenvalue weighted by molar-refractivity contribution is 0.402. The molecule has 0 saturated carbocycles. The number of pyridine rings is 2. The molecule has 0 aliphatic heterocycles. The Balaban J connectivity index is 1.45. The maximum Gasteiger partial charge on any atom is 0.181 e. The predicted molar refractivity (Wildman–Crippen MR) is 135 cm³/mol. The molecule has 1 aromatic carbocycles. The van der Waals surface area contributed by atoms with Crippen molar-refractivity contribution in [2.24, 2.45) is 0 Å². The van der Waals surface area contributed by atoms with E-state index in [-0.39, 0.29) is 0 Å². The Morgan fingerprint density at radius 1 is 0.939 bits per heavy atom.